The molecule has 21 heavy (non-hydrogen) atoms. The molecule has 1 aliphatic rings. The van der Waals surface area contributed by atoms with Crippen molar-refractivity contribution in [1.29, 1.82) is 0 Å². The van der Waals surface area contributed by atoms with Gasteiger partial charge in [-0.15, -0.1) is 0 Å². The van der Waals surface area contributed by atoms with E-state index in [1.165, 1.54) is 12.1 Å². The van der Waals surface area contributed by atoms with Gasteiger partial charge in [-0.2, -0.15) is 13.2 Å². The van der Waals surface area contributed by atoms with Crippen molar-refractivity contribution < 1.29 is 18.0 Å². The molecule has 3 nitrogen and oxygen atoms in total. The molecule has 1 aromatic rings. The monoisotopic (exact) mass is 300 g/mol. The molecule has 1 saturated heterocycles. The second-order valence-electron chi connectivity index (χ2n) is 5.47. The van der Waals surface area contributed by atoms with Crippen LogP contribution in [0.15, 0.2) is 24.3 Å². The minimum absolute atomic E-state index is 0.0147. The predicted octanol–water partition coefficient (Wildman–Crippen LogP) is 2.66. The lowest BCUT2D eigenvalue weighted by molar-refractivity contribution is -0.137. The highest BCUT2D eigenvalue weighted by Gasteiger charge is 2.31. The SMILES string of the molecule is CNC(=O)CC1CCN(Cc2cccc(C(F)(F)F)c2)C1. The molecule has 0 spiro atoms. The summed E-state index contributed by atoms with van der Waals surface area (Å²) in [5, 5.41) is 2.60. The fourth-order valence-corrected chi connectivity index (χ4v) is 2.69. The molecule has 6 heteroatoms. The third-order valence-corrected chi connectivity index (χ3v) is 3.78. The standard InChI is InChI=1S/C15H19F3N2O/c1-19-14(21)8-12-5-6-20(10-12)9-11-3-2-4-13(7-11)15(16,17)18/h2-4,7,12H,5-6,8-10H2,1H3,(H,19,21). The summed E-state index contributed by atoms with van der Waals surface area (Å²) in [7, 11) is 1.61. The van der Waals surface area contributed by atoms with Crippen LogP contribution in [0.5, 0.6) is 0 Å². The number of hydrogen-bond donors (Lipinski definition) is 1. The van der Waals surface area contributed by atoms with E-state index in [2.05, 4.69) is 10.2 Å². The topological polar surface area (TPSA) is 32.3 Å². The van der Waals surface area contributed by atoms with Gasteiger partial charge in [-0.3, -0.25) is 9.69 Å². The van der Waals surface area contributed by atoms with Crippen molar-refractivity contribution in [3.63, 3.8) is 0 Å². The lowest BCUT2D eigenvalue weighted by atomic mass is 10.0. The van der Waals surface area contributed by atoms with Crippen molar-refractivity contribution in [3.05, 3.63) is 35.4 Å². The molecule has 0 saturated carbocycles. The van der Waals surface area contributed by atoms with Crippen LogP contribution in [-0.2, 0) is 17.5 Å². The quantitative estimate of drug-likeness (QED) is 0.927. The van der Waals surface area contributed by atoms with Crippen LogP contribution in [0, 0.1) is 5.92 Å². The van der Waals surface area contributed by atoms with Crippen molar-refractivity contribution in [2.75, 3.05) is 20.1 Å². The van der Waals surface area contributed by atoms with Crippen molar-refractivity contribution in [3.8, 4) is 0 Å². The summed E-state index contributed by atoms with van der Waals surface area (Å²) in [5.74, 6) is 0.302. The van der Waals surface area contributed by atoms with Crippen molar-refractivity contribution in [2.24, 2.45) is 5.92 Å². The Balaban J connectivity index is 1.93. The number of alkyl halides is 3. The second kappa shape index (κ2) is 6.47. The Morgan fingerprint density at radius 1 is 1.43 bits per heavy atom. The molecule has 1 unspecified atom stereocenters. The lowest BCUT2D eigenvalue weighted by Gasteiger charge is -2.17. The number of rotatable bonds is 4. The number of likely N-dealkylation sites (tertiary alicyclic amines) is 1. The molecule has 1 aromatic carbocycles. The molecule has 1 aliphatic heterocycles. The Bertz CT molecular complexity index is 502. The molecule has 0 aliphatic carbocycles. The number of amides is 1. The summed E-state index contributed by atoms with van der Waals surface area (Å²) in [6, 6.07) is 5.44. The predicted molar refractivity (Wildman–Crippen MR) is 73.5 cm³/mol. The minimum Gasteiger partial charge on any atom is -0.359 e. The molecule has 1 fully saturated rings. The van der Waals surface area contributed by atoms with Crippen LogP contribution in [0.2, 0.25) is 0 Å². The van der Waals surface area contributed by atoms with E-state index >= 15 is 0 Å². The van der Waals surface area contributed by atoms with E-state index in [1.54, 1.807) is 13.1 Å². The number of benzene rings is 1. The van der Waals surface area contributed by atoms with E-state index in [9.17, 15) is 18.0 Å². The maximum absolute atomic E-state index is 12.7. The van der Waals surface area contributed by atoms with Gasteiger partial charge in [0.2, 0.25) is 5.91 Å². The maximum atomic E-state index is 12.7. The molecule has 1 heterocycles. The first kappa shape index (κ1) is 15.8. The van der Waals surface area contributed by atoms with Crippen LogP contribution >= 0.6 is 0 Å². The van der Waals surface area contributed by atoms with Gasteiger partial charge in [0.25, 0.3) is 0 Å². The number of carbonyl (C=O) groups excluding carboxylic acids is 1. The van der Waals surface area contributed by atoms with E-state index in [0.717, 1.165) is 25.6 Å². The van der Waals surface area contributed by atoms with Crippen LogP contribution in [0.3, 0.4) is 0 Å². The Hall–Kier alpha value is -1.56. The largest absolute Gasteiger partial charge is 0.416 e. The Morgan fingerprint density at radius 2 is 2.19 bits per heavy atom. The normalized spacial score (nSPS) is 19.7. The number of hydrogen-bond acceptors (Lipinski definition) is 2. The molecule has 1 N–H and O–H groups in total. The molecular formula is C15H19F3N2O. The zero-order valence-electron chi connectivity index (χ0n) is 11.9. The molecule has 0 radical (unpaired) electrons. The summed E-state index contributed by atoms with van der Waals surface area (Å²) in [6.07, 6.45) is -2.91. The summed E-state index contributed by atoms with van der Waals surface area (Å²) < 4.78 is 38.0. The first-order valence-corrected chi connectivity index (χ1v) is 6.97. The molecule has 0 aromatic heterocycles. The van der Waals surface area contributed by atoms with Gasteiger partial charge >= 0.3 is 6.18 Å². The van der Waals surface area contributed by atoms with Crippen molar-refractivity contribution in [1.82, 2.24) is 10.2 Å². The molecule has 116 valence electrons. The summed E-state index contributed by atoms with van der Waals surface area (Å²) in [6.45, 7) is 2.07. The van der Waals surface area contributed by atoms with Crippen LogP contribution in [0.4, 0.5) is 13.2 Å². The Kier molecular flexibility index (Phi) is 4.88. The van der Waals surface area contributed by atoms with E-state index in [4.69, 9.17) is 0 Å². The first-order valence-electron chi connectivity index (χ1n) is 6.97. The Labute approximate surface area is 122 Å². The molecule has 1 atom stereocenters. The summed E-state index contributed by atoms with van der Waals surface area (Å²) >= 11 is 0. The summed E-state index contributed by atoms with van der Waals surface area (Å²) in [5.41, 5.74) is 0.0477. The fourth-order valence-electron chi connectivity index (χ4n) is 2.69. The van der Waals surface area contributed by atoms with E-state index in [0.29, 0.717) is 18.5 Å². The Morgan fingerprint density at radius 3 is 2.86 bits per heavy atom. The van der Waals surface area contributed by atoms with E-state index < -0.39 is 11.7 Å². The minimum atomic E-state index is -4.30. The first-order chi connectivity index (χ1) is 9.88. The second-order valence-corrected chi connectivity index (χ2v) is 5.47. The third kappa shape index (κ3) is 4.46. The van der Waals surface area contributed by atoms with Gasteiger partial charge in [0, 0.05) is 26.6 Å². The van der Waals surface area contributed by atoms with E-state index in [1.807, 2.05) is 0 Å². The maximum Gasteiger partial charge on any atom is 0.416 e. The number of nitrogens with one attached hydrogen (secondary N) is 1. The lowest BCUT2D eigenvalue weighted by Crippen LogP contribution is -2.24. The average molecular weight is 300 g/mol. The van der Waals surface area contributed by atoms with Crippen LogP contribution in [0.1, 0.15) is 24.0 Å². The third-order valence-electron chi connectivity index (χ3n) is 3.78. The van der Waals surface area contributed by atoms with E-state index in [-0.39, 0.29) is 11.8 Å². The highest BCUT2D eigenvalue weighted by Crippen LogP contribution is 2.30. The molecule has 0 bridgehead atoms. The number of halogens is 3. The van der Waals surface area contributed by atoms with Gasteiger partial charge in [-0.25, -0.2) is 0 Å². The zero-order valence-corrected chi connectivity index (χ0v) is 11.9. The fraction of sp³-hybridized carbons (Fsp3) is 0.533. The van der Waals surface area contributed by atoms with Gasteiger partial charge in [-0.05, 0) is 30.5 Å². The van der Waals surface area contributed by atoms with Gasteiger partial charge in [0.15, 0.2) is 0 Å². The highest BCUT2D eigenvalue weighted by molar-refractivity contribution is 5.75. The zero-order chi connectivity index (χ0) is 15.5. The van der Waals surface area contributed by atoms with Gasteiger partial charge in [-0.1, -0.05) is 18.2 Å². The number of carbonyl (C=O) groups is 1. The van der Waals surface area contributed by atoms with Gasteiger partial charge in [0.1, 0.15) is 0 Å². The number of nitrogens with zero attached hydrogens (tertiary/aromatic N) is 1. The average Bonchev–Trinajstić information content (AvgIpc) is 2.85. The highest BCUT2D eigenvalue weighted by atomic mass is 19.4. The van der Waals surface area contributed by atoms with Crippen LogP contribution in [-0.4, -0.2) is 30.9 Å². The molecule has 1 amide bonds. The molecule has 2 rings (SSSR count). The van der Waals surface area contributed by atoms with Gasteiger partial charge < -0.3 is 5.32 Å². The smallest absolute Gasteiger partial charge is 0.359 e. The van der Waals surface area contributed by atoms with Crippen molar-refractivity contribution in [2.45, 2.75) is 25.6 Å². The molecular weight excluding hydrogens is 281 g/mol. The van der Waals surface area contributed by atoms with Crippen LogP contribution < -0.4 is 5.32 Å². The van der Waals surface area contributed by atoms with Crippen LogP contribution in [0.25, 0.3) is 0 Å². The van der Waals surface area contributed by atoms with Gasteiger partial charge in [0.05, 0.1) is 5.56 Å². The van der Waals surface area contributed by atoms with Crippen molar-refractivity contribution >= 4 is 5.91 Å². The summed E-state index contributed by atoms with van der Waals surface area (Å²) in [4.78, 5) is 13.4.